The number of amides is 1. The Morgan fingerprint density at radius 1 is 1.16 bits per heavy atom. The summed E-state index contributed by atoms with van der Waals surface area (Å²) in [6.07, 6.45) is 3.53. The molecule has 2 heterocycles. The Hall–Kier alpha value is -3.52. The number of nitrogens with zero attached hydrogens (tertiary/aromatic N) is 2. The first-order valence-electron chi connectivity index (χ1n) is 9.92. The van der Waals surface area contributed by atoms with Gasteiger partial charge in [-0.3, -0.25) is 4.79 Å². The number of rotatable bonds is 8. The number of methoxy groups -OCH3 is 1. The quantitative estimate of drug-likeness (QED) is 0.376. The molecule has 1 unspecified atom stereocenters. The predicted molar refractivity (Wildman–Crippen MR) is 123 cm³/mol. The molecule has 1 N–H and O–H groups in total. The highest BCUT2D eigenvalue weighted by Crippen LogP contribution is 2.25. The van der Waals surface area contributed by atoms with Crippen LogP contribution in [0.5, 0.6) is 11.5 Å². The van der Waals surface area contributed by atoms with Crippen molar-refractivity contribution in [1.29, 1.82) is 0 Å². The Bertz CT molecular complexity index is 1220. The van der Waals surface area contributed by atoms with Crippen molar-refractivity contribution in [3.05, 3.63) is 100 Å². The Labute approximate surface area is 194 Å². The minimum atomic E-state index is -0.482. The van der Waals surface area contributed by atoms with E-state index in [9.17, 15) is 4.79 Å². The molecule has 8 heteroatoms. The van der Waals surface area contributed by atoms with Crippen LogP contribution in [0.15, 0.2) is 81.9 Å². The van der Waals surface area contributed by atoms with Crippen molar-refractivity contribution >= 4 is 21.8 Å². The number of imidazole rings is 1. The van der Waals surface area contributed by atoms with E-state index in [2.05, 4.69) is 26.2 Å². The van der Waals surface area contributed by atoms with Gasteiger partial charge in [0.15, 0.2) is 5.76 Å². The summed E-state index contributed by atoms with van der Waals surface area (Å²) in [7, 11) is 3.49. The number of aryl methyl sites for hydroxylation is 1. The van der Waals surface area contributed by atoms with Crippen molar-refractivity contribution in [1.82, 2.24) is 14.9 Å². The number of furan rings is 1. The zero-order valence-electron chi connectivity index (χ0n) is 17.6. The summed E-state index contributed by atoms with van der Waals surface area (Å²) in [4.78, 5) is 17.4. The number of carbonyl (C=O) groups is 1. The topological polar surface area (TPSA) is 78.5 Å². The number of aromatic nitrogens is 2. The molecule has 0 fully saturated rings. The van der Waals surface area contributed by atoms with Gasteiger partial charge in [0.05, 0.1) is 7.11 Å². The van der Waals surface area contributed by atoms with Crippen molar-refractivity contribution in [3.8, 4) is 11.5 Å². The lowest BCUT2D eigenvalue weighted by Gasteiger charge is -2.19. The van der Waals surface area contributed by atoms with E-state index in [0.717, 1.165) is 10.0 Å². The van der Waals surface area contributed by atoms with Crippen molar-refractivity contribution in [3.63, 3.8) is 0 Å². The lowest BCUT2D eigenvalue weighted by Crippen LogP contribution is -2.30. The second-order valence-corrected chi connectivity index (χ2v) is 8.01. The molecule has 4 rings (SSSR count). The van der Waals surface area contributed by atoms with Crippen LogP contribution in [0.3, 0.4) is 0 Å². The predicted octanol–water partition coefficient (Wildman–Crippen LogP) is 4.88. The Balaban J connectivity index is 1.50. The highest BCUT2D eigenvalue weighted by molar-refractivity contribution is 9.10. The zero-order chi connectivity index (χ0) is 22.5. The lowest BCUT2D eigenvalue weighted by atomic mass is 10.1. The first-order chi connectivity index (χ1) is 15.5. The van der Waals surface area contributed by atoms with Gasteiger partial charge in [-0.1, -0.05) is 34.1 Å². The van der Waals surface area contributed by atoms with E-state index in [1.165, 1.54) is 0 Å². The Kier molecular flexibility index (Phi) is 6.61. The van der Waals surface area contributed by atoms with Gasteiger partial charge in [-0.25, -0.2) is 4.98 Å². The minimum Gasteiger partial charge on any atom is -0.497 e. The van der Waals surface area contributed by atoms with Gasteiger partial charge in [0.25, 0.3) is 5.91 Å². The first-order valence-corrected chi connectivity index (χ1v) is 10.7. The van der Waals surface area contributed by atoms with Crippen LogP contribution in [0, 0.1) is 0 Å². The van der Waals surface area contributed by atoms with Gasteiger partial charge in [0, 0.05) is 23.9 Å². The molecule has 0 saturated heterocycles. The second-order valence-electron chi connectivity index (χ2n) is 7.09. The van der Waals surface area contributed by atoms with Gasteiger partial charge < -0.3 is 23.8 Å². The maximum atomic E-state index is 13.0. The molecular weight excluding hydrogens is 474 g/mol. The third-order valence-electron chi connectivity index (χ3n) is 4.88. The Morgan fingerprint density at radius 2 is 1.97 bits per heavy atom. The molecule has 2 aromatic heterocycles. The molecule has 0 radical (unpaired) electrons. The van der Waals surface area contributed by atoms with E-state index in [0.29, 0.717) is 23.1 Å². The van der Waals surface area contributed by atoms with E-state index in [1.54, 1.807) is 25.4 Å². The SMILES string of the molecule is COc1cccc(C(NC(=O)c2ccc(COc3cccc(Br)c3)o2)c2nccn2C)c1. The highest BCUT2D eigenvalue weighted by Gasteiger charge is 2.23. The number of halogens is 1. The van der Waals surface area contributed by atoms with E-state index in [1.807, 2.05) is 66.3 Å². The van der Waals surface area contributed by atoms with E-state index in [-0.39, 0.29) is 18.3 Å². The van der Waals surface area contributed by atoms with Gasteiger partial charge in [-0.2, -0.15) is 0 Å². The average molecular weight is 496 g/mol. The average Bonchev–Trinajstić information content (AvgIpc) is 3.45. The summed E-state index contributed by atoms with van der Waals surface area (Å²) in [6.45, 7) is 0.211. The fourth-order valence-corrected chi connectivity index (χ4v) is 3.64. The number of carbonyl (C=O) groups excluding carboxylic acids is 1. The molecule has 0 aliphatic rings. The zero-order valence-corrected chi connectivity index (χ0v) is 19.2. The molecule has 7 nitrogen and oxygen atoms in total. The summed E-state index contributed by atoms with van der Waals surface area (Å²) < 4.78 is 19.6. The fraction of sp³-hybridized carbons (Fsp3) is 0.167. The van der Waals surface area contributed by atoms with Crippen LogP contribution in [-0.2, 0) is 13.7 Å². The van der Waals surface area contributed by atoms with Crippen LogP contribution in [0.2, 0.25) is 0 Å². The van der Waals surface area contributed by atoms with Gasteiger partial charge in [-0.05, 0) is 48.0 Å². The smallest absolute Gasteiger partial charge is 0.287 e. The number of hydrogen-bond donors (Lipinski definition) is 1. The summed E-state index contributed by atoms with van der Waals surface area (Å²) in [6, 6.07) is 17.9. The molecule has 164 valence electrons. The van der Waals surface area contributed by atoms with Crippen LogP contribution >= 0.6 is 15.9 Å². The summed E-state index contributed by atoms with van der Waals surface area (Å²) in [5.74, 6) is 2.48. The van der Waals surface area contributed by atoms with E-state index in [4.69, 9.17) is 13.9 Å². The molecule has 0 spiro atoms. The molecule has 1 amide bonds. The van der Waals surface area contributed by atoms with Gasteiger partial charge in [0.1, 0.15) is 35.7 Å². The van der Waals surface area contributed by atoms with Crippen molar-refractivity contribution in [2.24, 2.45) is 7.05 Å². The number of nitrogens with one attached hydrogen (secondary N) is 1. The van der Waals surface area contributed by atoms with Crippen molar-refractivity contribution in [2.75, 3.05) is 7.11 Å². The molecular formula is C24H22BrN3O4. The fourth-order valence-electron chi connectivity index (χ4n) is 3.26. The maximum Gasteiger partial charge on any atom is 0.287 e. The highest BCUT2D eigenvalue weighted by atomic mass is 79.9. The maximum absolute atomic E-state index is 13.0. The third kappa shape index (κ3) is 5.03. The van der Waals surface area contributed by atoms with Crippen LogP contribution < -0.4 is 14.8 Å². The van der Waals surface area contributed by atoms with Crippen LogP contribution in [-0.4, -0.2) is 22.6 Å². The normalized spacial score (nSPS) is 11.7. The molecule has 0 aliphatic heterocycles. The van der Waals surface area contributed by atoms with Gasteiger partial charge >= 0.3 is 0 Å². The molecule has 0 saturated carbocycles. The van der Waals surface area contributed by atoms with Crippen molar-refractivity contribution < 1.29 is 18.7 Å². The van der Waals surface area contributed by atoms with Gasteiger partial charge in [0.2, 0.25) is 0 Å². The van der Waals surface area contributed by atoms with Gasteiger partial charge in [-0.15, -0.1) is 0 Å². The largest absolute Gasteiger partial charge is 0.497 e. The van der Waals surface area contributed by atoms with Crippen LogP contribution in [0.1, 0.15) is 33.7 Å². The van der Waals surface area contributed by atoms with Crippen molar-refractivity contribution in [2.45, 2.75) is 12.6 Å². The van der Waals surface area contributed by atoms with Crippen LogP contribution in [0.25, 0.3) is 0 Å². The number of benzene rings is 2. The van der Waals surface area contributed by atoms with E-state index >= 15 is 0 Å². The monoisotopic (exact) mass is 495 g/mol. The molecule has 4 aromatic rings. The first kappa shape index (κ1) is 21.7. The summed E-state index contributed by atoms with van der Waals surface area (Å²) in [5.41, 5.74) is 0.844. The number of hydrogen-bond acceptors (Lipinski definition) is 5. The molecule has 0 bridgehead atoms. The molecule has 32 heavy (non-hydrogen) atoms. The third-order valence-corrected chi connectivity index (χ3v) is 5.38. The molecule has 1 atom stereocenters. The number of ether oxygens (including phenoxy) is 2. The lowest BCUT2D eigenvalue weighted by molar-refractivity contribution is 0.0909. The minimum absolute atomic E-state index is 0.194. The molecule has 0 aliphatic carbocycles. The second kappa shape index (κ2) is 9.74. The summed E-state index contributed by atoms with van der Waals surface area (Å²) >= 11 is 3.41. The van der Waals surface area contributed by atoms with E-state index < -0.39 is 6.04 Å². The molecule has 2 aromatic carbocycles. The van der Waals surface area contributed by atoms with Crippen LogP contribution in [0.4, 0.5) is 0 Å². The Morgan fingerprint density at radius 3 is 2.72 bits per heavy atom. The standard InChI is InChI=1S/C24H22BrN3O4/c1-28-12-11-26-23(28)22(16-5-3-7-18(13-16)30-2)27-24(29)21-10-9-20(32-21)15-31-19-8-4-6-17(25)14-19/h3-14,22H,15H2,1-2H3,(H,27,29). The summed E-state index contributed by atoms with van der Waals surface area (Å²) in [5, 5.41) is 3.02.